The quantitative estimate of drug-likeness (QED) is 0.206. The van der Waals surface area contributed by atoms with Crippen molar-refractivity contribution in [3.63, 3.8) is 0 Å². The molecule has 181 valence electrons. The fourth-order valence-electron chi connectivity index (χ4n) is 6.49. The number of nitrogens with zero attached hydrogens (tertiary/aromatic N) is 1. The molecular formula is C31H30Cl2NSiZr. The van der Waals surface area contributed by atoms with Crippen LogP contribution in [-0.2, 0) is 15.6 Å². The number of para-hydroxylation sites is 1. The Morgan fingerprint density at radius 1 is 0.917 bits per heavy atom. The van der Waals surface area contributed by atoms with Crippen molar-refractivity contribution in [2.75, 3.05) is 0 Å². The molecular weight excluding hydrogens is 577 g/mol. The van der Waals surface area contributed by atoms with E-state index in [4.69, 9.17) is 22.0 Å². The van der Waals surface area contributed by atoms with E-state index in [1.54, 1.807) is 0 Å². The average molecular weight is 607 g/mol. The Kier molecular flexibility index (Phi) is 6.08. The first kappa shape index (κ1) is 24.6. The van der Waals surface area contributed by atoms with Gasteiger partial charge in [0.25, 0.3) is 0 Å². The second-order valence-corrected chi connectivity index (χ2v) is 53.2. The SMILES string of the molecule is CCC1=Cc2c(-c3cnc4ccccc4c3)cccc2[CH]1[Zr]([Cl])([Cl])([CH]1C=Cc2ccccc21)[SiH](C)C. The van der Waals surface area contributed by atoms with Crippen molar-refractivity contribution in [1.29, 1.82) is 0 Å². The van der Waals surface area contributed by atoms with Crippen molar-refractivity contribution in [3.8, 4) is 11.1 Å². The summed E-state index contributed by atoms with van der Waals surface area (Å²) in [7, 11) is 16.4. The molecule has 0 bridgehead atoms. The molecule has 2 aliphatic carbocycles. The molecule has 0 fully saturated rings. The molecule has 3 aromatic carbocycles. The molecule has 0 N–H and O–H groups in total. The van der Waals surface area contributed by atoms with Crippen LogP contribution in [0.15, 0.2) is 90.6 Å². The molecule has 6 rings (SSSR count). The van der Waals surface area contributed by atoms with Crippen LogP contribution in [0.2, 0.25) is 13.1 Å². The zero-order valence-electron chi connectivity index (χ0n) is 20.9. The van der Waals surface area contributed by atoms with Crippen LogP contribution in [0.1, 0.15) is 42.8 Å². The first-order chi connectivity index (χ1) is 17.3. The van der Waals surface area contributed by atoms with Gasteiger partial charge in [-0.1, -0.05) is 0 Å². The van der Waals surface area contributed by atoms with Gasteiger partial charge in [-0.3, -0.25) is 0 Å². The monoisotopic (exact) mass is 604 g/mol. The van der Waals surface area contributed by atoms with E-state index in [0.29, 0.717) is 0 Å². The molecule has 2 aliphatic rings. The molecule has 1 heterocycles. The number of benzene rings is 3. The Bertz CT molecular complexity index is 1570. The maximum absolute atomic E-state index is 8.18. The van der Waals surface area contributed by atoms with Crippen molar-refractivity contribution >= 4 is 46.0 Å². The number of allylic oxidation sites excluding steroid dienone is 2. The van der Waals surface area contributed by atoms with E-state index in [1.165, 1.54) is 33.4 Å². The van der Waals surface area contributed by atoms with Crippen LogP contribution in [0.25, 0.3) is 34.2 Å². The van der Waals surface area contributed by atoms with Crippen LogP contribution in [-0.4, -0.2) is 10.9 Å². The van der Waals surface area contributed by atoms with E-state index in [-0.39, 0.29) is 7.25 Å². The van der Waals surface area contributed by atoms with Crippen molar-refractivity contribution in [1.82, 2.24) is 4.98 Å². The summed E-state index contributed by atoms with van der Waals surface area (Å²) in [5, 5.41) is 1.16. The molecule has 0 saturated carbocycles. The van der Waals surface area contributed by atoms with E-state index < -0.39 is 21.5 Å². The Hall–Kier alpha value is -1.77. The fourth-order valence-corrected chi connectivity index (χ4v) is 36.1. The summed E-state index contributed by atoms with van der Waals surface area (Å²) >= 11 is -4.51. The first-order valence-corrected chi connectivity index (χ1v) is 29.2. The van der Waals surface area contributed by atoms with Gasteiger partial charge in [0.1, 0.15) is 0 Å². The van der Waals surface area contributed by atoms with E-state index in [1.807, 2.05) is 12.3 Å². The second kappa shape index (κ2) is 8.91. The molecule has 36 heavy (non-hydrogen) atoms. The summed E-state index contributed by atoms with van der Waals surface area (Å²) in [6.07, 6.45) is 9.95. The van der Waals surface area contributed by atoms with Gasteiger partial charge in [-0.05, 0) is 0 Å². The van der Waals surface area contributed by atoms with Gasteiger partial charge in [0.2, 0.25) is 0 Å². The minimum absolute atomic E-state index is 0.135. The Morgan fingerprint density at radius 2 is 1.67 bits per heavy atom. The molecule has 0 aliphatic heterocycles. The van der Waals surface area contributed by atoms with Crippen molar-refractivity contribution in [2.45, 2.75) is 33.7 Å². The van der Waals surface area contributed by atoms with Crippen LogP contribution in [0.5, 0.6) is 0 Å². The van der Waals surface area contributed by atoms with Gasteiger partial charge in [0.05, 0.1) is 0 Å². The van der Waals surface area contributed by atoms with E-state index >= 15 is 0 Å². The summed E-state index contributed by atoms with van der Waals surface area (Å²) in [5.74, 6) is -1.48. The van der Waals surface area contributed by atoms with Gasteiger partial charge >= 0.3 is 224 Å². The Morgan fingerprint density at radius 3 is 2.47 bits per heavy atom. The molecule has 0 amide bonds. The van der Waals surface area contributed by atoms with E-state index in [9.17, 15) is 0 Å². The van der Waals surface area contributed by atoms with Crippen molar-refractivity contribution in [3.05, 3.63) is 113 Å². The van der Waals surface area contributed by atoms with Gasteiger partial charge in [-0.2, -0.15) is 0 Å². The maximum atomic E-state index is 8.18. The number of hydrogen-bond donors (Lipinski definition) is 0. The predicted octanol–water partition coefficient (Wildman–Crippen LogP) is 9.50. The van der Waals surface area contributed by atoms with Crippen LogP contribution in [0.4, 0.5) is 0 Å². The number of hydrogen-bond acceptors (Lipinski definition) is 1. The third kappa shape index (κ3) is 3.54. The summed E-state index contributed by atoms with van der Waals surface area (Å²) < 4.78 is 0.283. The molecule has 5 heteroatoms. The normalized spacial score (nSPS) is 19.7. The van der Waals surface area contributed by atoms with E-state index in [2.05, 4.69) is 105 Å². The minimum atomic E-state index is -4.51. The summed E-state index contributed by atoms with van der Waals surface area (Å²) in [5.41, 5.74) is 9.99. The number of halogens is 2. The second-order valence-electron chi connectivity index (χ2n) is 10.6. The summed E-state index contributed by atoms with van der Waals surface area (Å²) in [6, 6.07) is 25.9. The Labute approximate surface area is 222 Å². The number of pyridine rings is 1. The van der Waals surface area contributed by atoms with Gasteiger partial charge in [0.15, 0.2) is 0 Å². The third-order valence-corrected chi connectivity index (χ3v) is 60.5. The van der Waals surface area contributed by atoms with Crippen LogP contribution < -0.4 is 0 Å². The molecule has 4 aromatic rings. The van der Waals surface area contributed by atoms with Gasteiger partial charge in [0, 0.05) is 0 Å². The summed E-state index contributed by atoms with van der Waals surface area (Å²) in [6.45, 7) is 7.04. The topological polar surface area (TPSA) is 12.9 Å². The fraction of sp³-hybridized carbons (Fsp3) is 0.194. The van der Waals surface area contributed by atoms with Crippen molar-refractivity contribution < 1.29 is 15.6 Å². The standard InChI is InChI=1S/C20H16N.C9H7.C2H7Si.2ClH.Zr/c1-2-14-10-15-7-5-8-18(19(15)11-14)17-12-16-6-3-4-9-20(16)21-13-17;1-2-5-9-7-3-6-8(9)4-1;1-3-2;;;/h3-13H,2H2,1H3;1-7H;3H,1-2H3;2*1H;/q;;;;;+2/p-2. The number of fused-ring (bicyclic) bond motifs is 3. The predicted molar refractivity (Wildman–Crippen MR) is 157 cm³/mol. The molecule has 1 aromatic heterocycles. The van der Waals surface area contributed by atoms with Crippen LogP contribution >= 0.6 is 17.0 Å². The van der Waals surface area contributed by atoms with Crippen LogP contribution in [0.3, 0.4) is 0 Å². The molecule has 0 radical (unpaired) electrons. The number of aromatic nitrogens is 1. The zero-order valence-corrected chi connectivity index (χ0v) is 26.0. The molecule has 2 unspecified atom stereocenters. The first-order valence-electron chi connectivity index (χ1n) is 12.9. The molecule has 1 nitrogen and oxygen atoms in total. The van der Waals surface area contributed by atoms with Gasteiger partial charge < -0.3 is 0 Å². The summed E-state index contributed by atoms with van der Waals surface area (Å²) in [4.78, 5) is 4.76. The zero-order chi connectivity index (χ0) is 25.1. The molecule has 2 atom stereocenters. The van der Waals surface area contributed by atoms with Gasteiger partial charge in [-0.25, -0.2) is 0 Å². The third-order valence-electron chi connectivity index (χ3n) is 8.51. The molecule has 0 saturated heterocycles. The van der Waals surface area contributed by atoms with E-state index in [0.717, 1.165) is 22.9 Å². The Balaban J connectivity index is 1.56. The number of rotatable bonds is 5. The van der Waals surface area contributed by atoms with Crippen molar-refractivity contribution in [2.24, 2.45) is 0 Å². The molecule has 0 spiro atoms. The van der Waals surface area contributed by atoms with Gasteiger partial charge in [-0.15, -0.1) is 0 Å². The van der Waals surface area contributed by atoms with Crippen LogP contribution in [0, 0.1) is 0 Å². The average Bonchev–Trinajstić information content (AvgIpc) is 3.51.